The topological polar surface area (TPSA) is 82.2 Å². The van der Waals surface area contributed by atoms with E-state index in [0.717, 1.165) is 26.2 Å². The average molecular weight is 294 g/mol. The van der Waals surface area contributed by atoms with E-state index in [4.69, 9.17) is 10.9 Å². The Morgan fingerprint density at radius 1 is 1.19 bits per heavy atom. The minimum absolute atomic E-state index is 0.221. The van der Waals surface area contributed by atoms with E-state index in [-0.39, 0.29) is 5.84 Å². The molecule has 2 saturated carbocycles. The molecule has 0 aromatic rings. The Bertz CT molecular complexity index is 445. The van der Waals surface area contributed by atoms with Crippen LogP contribution in [-0.2, 0) is 4.79 Å². The molecule has 2 atom stereocenters. The largest absolute Gasteiger partial charge is 0.409 e. The van der Waals surface area contributed by atoms with Crippen LogP contribution in [0.4, 0.5) is 0 Å². The molecule has 118 valence electrons. The van der Waals surface area contributed by atoms with Crippen molar-refractivity contribution in [1.29, 1.82) is 0 Å². The van der Waals surface area contributed by atoms with Crippen molar-refractivity contribution >= 4 is 11.7 Å². The quantitative estimate of drug-likeness (QED) is 0.347. The van der Waals surface area contributed by atoms with E-state index in [2.05, 4.69) is 10.1 Å². The van der Waals surface area contributed by atoms with Crippen LogP contribution in [0.25, 0.3) is 0 Å². The normalized spacial score (nSPS) is 33.9. The number of rotatable bonds is 3. The van der Waals surface area contributed by atoms with Crippen LogP contribution in [0.5, 0.6) is 0 Å². The predicted molar refractivity (Wildman–Crippen MR) is 80.0 cm³/mol. The summed E-state index contributed by atoms with van der Waals surface area (Å²) in [4.78, 5) is 16.7. The van der Waals surface area contributed by atoms with Gasteiger partial charge in [-0.15, -0.1) is 0 Å². The van der Waals surface area contributed by atoms with Crippen LogP contribution in [-0.4, -0.2) is 58.5 Å². The van der Waals surface area contributed by atoms with Crippen LogP contribution in [0.15, 0.2) is 5.16 Å². The Morgan fingerprint density at radius 2 is 1.76 bits per heavy atom. The molecule has 0 aromatic heterocycles. The van der Waals surface area contributed by atoms with Crippen LogP contribution >= 0.6 is 0 Å². The van der Waals surface area contributed by atoms with Crippen LogP contribution in [0.2, 0.25) is 0 Å². The lowest BCUT2D eigenvalue weighted by Gasteiger charge is -2.43. The smallest absolute Gasteiger partial charge is 0.226 e. The van der Waals surface area contributed by atoms with E-state index in [1.165, 1.54) is 19.3 Å². The van der Waals surface area contributed by atoms with Gasteiger partial charge in [0.25, 0.3) is 0 Å². The Balaban J connectivity index is 1.55. The third-order valence-electron chi connectivity index (χ3n) is 5.81. The zero-order chi connectivity index (χ0) is 15.2. The predicted octanol–water partition coefficient (Wildman–Crippen LogP) is 0.702. The first-order valence-corrected chi connectivity index (χ1v) is 7.98. The highest BCUT2D eigenvalue weighted by Gasteiger charge is 2.57. The van der Waals surface area contributed by atoms with Crippen LogP contribution in [0, 0.1) is 17.8 Å². The fraction of sp³-hybridized carbons (Fsp3) is 0.867. The van der Waals surface area contributed by atoms with Gasteiger partial charge in [0, 0.05) is 32.1 Å². The number of nitrogens with two attached hydrogens (primary N) is 1. The summed E-state index contributed by atoms with van der Waals surface area (Å²) in [5.74, 6) is 2.28. The number of fused-ring (bicyclic) bond motifs is 1. The highest BCUT2D eigenvalue weighted by Crippen LogP contribution is 2.58. The molecule has 0 spiro atoms. The first-order chi connectivity index (χ1) is 9.96. The monoisotopic (exact) mass is 294 g/mol. The second-order valence-corrected chi connectivity index (χ2v) is 7.14. The van der Waals surface area contributed by atoms with Gasteiger partial charge in [-0.3, -0.25) is 9.69 Å². The van der Waals surface area contributed by atoms with Crippen molar-refractivity contribution in [2.75, 3.05) is 26.2 Å². The molecule has 6 heteroatoms. The van der Waals surface area contributed by atoms with Crippen molar-refractivity contribution in [2.45, 2.75) is 38.6 Å². The Morgan fingerprint density at radius 3 is 2.29 bits per heavy atom. The van der Waals surface area contributed by atoms with E-state index in [0.29, 0.717) is 23.7 Å². The van der Waals surface area contributed by atoms with Crippen LogP contribution in [0.3, 0.4) is 0 Å². The number of carbonyl (C=O) groups is 1. The maximum atomic E-state index is 12.5. The molecule has 3 N–H and O–H groups in total. The van der Waals surface area contributed by atoms with Crippen molar-refractivity contribution in [3.63, 3.8) is 0 Å². The molecule has 0 radical (unpaired) electrons. The number of amides is 1. The van der Waals surface area contributed by atoms with Crippen molar-refractivity contribution in [1.82, 2.24) is 9.80 Å². The van der Waals surface area contributed by atoms with E-state index < -0.39 is 5.54 Å². The number of oxime groups is 1. The van der Waals surface area contributed by atoms with Crippen LogP contribution in [0.1, 0.15) is 33.1 Å². The van der Waals surface area contributed by atoms with Gasteiger partial charge in [-0.05, 0) is 38.5 Å². The van der Waals surface area contributed by atoms with Gasteiger partial charge in [0.1, 0.15) is 0 Å². The number of piperazine rings is 1. The molecular formula is C15H26N4O2. The Kier molecular flexibility index (Phi) is 3.59. The molecule has 0 bridgehead atoms. The maximum absolute atomic E-state index is 12.5. The van der Waals surface area contributed by atoms with Gasteiger partial charge in [-0.2, -0.15) is 0 Å². The van der Waals surface area contributed by atoms with Gasteiger partial charge in [0.05, 0.1) is 5.54 Å². The molecule has 1 aliphatic heterocycles. The molecule has 21 heavy (non-hydrogen) atoms. The third kappa shape index (κ3) is 2.39. The molecule has 3 aliphatic rings. The number of hydrogen-bond acceptors (Lipinski definition) is 4. The number of carbonyl (C=O) groups excluding carboxylic acids is 1. The Labute approximate surface area is 125 Å². The lowest BCUT2D eigenvalue weighted by atomic mass is 10.00. The summed E-state index contributed by atoms with van der Waals surface area (Å²) in [7, 11) is 0. The molecule has 3 fully saturated rings. The van der Waals surface area contributed by atoms with Gasteiger partial charge in [0.2, 0.25) is 5.91 Å². The summed E-state index contributed by atoms with van der Waals surface area (Å²) < 4.78 is 0. The lowest BCUT2D eigenvalue weighted by molar-refractivity contribution is -0.135. The molecule has 1 heterocycles. The summed E-state index contributed by atoms with van der Waals surface area (Å²) in [6, 6.07) is 0. The fourth-order valence-corrected chi connectivity index (χ4v) is 4.17. The maximum Gasteiger partial charge on any atom is 0.226 e. The number of hydrogen-bond donors (Lipinski definition) is 2. The van der Waals surface area contributed by atoms with E-state index in [1.54, 1.807) is 0 Å². The minimum atomic E-state index is -0.472. The van der Waals surface area contributed by atoms with Crippen molar-refractivity contribution < 1.29 is 10.0 Å². The standard InChI is InChI=1S/C15H26N4O2/c1-15(2,14(16)17-21)19-8-6-18(7-9-19)13(20)12-10-4-3-5-11(10)12/h10-12,21H,3-9H2,1-2H3,(H2,16,17). The van der Waals surface area contributed by atoms with Gasteiger partial charge < -0.3 is 15.8 Å². The Hall–Kier alpha value is -1.30. The van der Waals surface area contributed by atoms with E-state index in [1.807, 2.05) is 18.7 Å². The molecule has 3 rings (SSSR count). The van der Waals surface area contributed by atoms with E-state index in [9.17, 15) is 4.79 Å². The van der Waals surface area contributed by atoms with Crippen molar-refractivity contribution in [3.8, 4) is 0 Å². The van der Waals surface area contributed by atoms with E-state index >= 15 is 0 Å². The summed E-state index contributed by atoms with van der Waals surface area (Å²) >= 11 is 0. The molecule has 2 unspecified atom stereocenters. The number of amidine groups is 1. The lowest BCUT2D eigenvalue weighted by Crippen LogP contribution is -2.60. The first kappa shape index (κ1) is 14.6. The summed E-state index contributed by atoms with van der Waals surface area (Å²) in [5, 5.41) is 12.0. The van der Waals surface area contributed by atoms with Gasteiger partial charge >= 0.3 is 0 Å². The van der Waals surface area contributed by atoms with Crippen molar-refractivity contribution in [3.05, 3.63) is 0 Å². The van der Waals surface area contributed by atoms with Crippen molar-refractivity contribution in [2.24, 2.45) is 28.6 Å². The SMILES string of the molecule is CC(C)(C(N)=NO)N1CCN(C(=O)C2C3CCCC32)CC1. The molecule has 1 amide bonds. The fourth-order valence-electron chi connectivity index (χ4n) is 4.17. The molecule has 6 nitrogen and oxygen atoms in total. The highest BCUT2D eigenvalue weighted by molar-refractivity contribution is 5.88. The average Bonchev–Trinajstić information content (AvgIpc) is 2.97. The zero-order valence-corrected chi connectivity index (χ0v) is 13.0. The molecule has 1 saturated heterocycles. The second kappa shape index (κ2) is 5.16. The first-order valence-electron chi connectivity index (χ1n) is 7.98. The number of nitrogens with zero attached hydrogens (tertiary/aromatic N) is 3. The summed E-state index contributed by atoms with van der Waals surface area (Å²) in [6.45, 7) is 6.94. The summed E-state index contributed by atoms with van der Waals surface area (Å²) in [5.41, 5.74) is 5.30. The third-order valence-corrected chi connectivity index (χ3v) is 5.81. The summed E-state index contributed by atoms with van der Waals surface area (Å²) in [6.07, 6.45) is 3.80. The van der Waals surface area contributed by atoms with Crippen LogP contribution < -0.4 is 5.73 Å². The molecular weight excluding hydrogens is 268 g/mol. The van der Waals surface area contributed by atoms with Gasteiger partial charge in [-0.25, -0.2) is 0 Å². The molecule has 2 aliphatic carbocycles. The van der Waals surface area contributed by atoms with Gasteiger partial charge in [0.15, 0.2) is 5.84 Å². The van der Waals surface area contributed by atoms with Gasteiger partial charge in [-0.1, -0.05) is 11.6 Å². The highest BCUT2D eigenvalue weighted by atomic mass is 16.4. The molecule has 0 aromatic carbocycles. The second-order valence-electron chi connectivity index (χ2n) is 7.14. The zero-order valence-electron chi connectivity index (χ0n) is 13.0. The minimum Gasteiger partial charge on any atom is -0.409 e.